The third kappa shape index (κ3) is 2.03. The van der Waals surface area contributed by atoms with Gasteiger partial charge in [0.05, 0.1) is 10.0 Å². The van der Waals surface area contributed by atoms with Gasteiger partial charge in [-0.05, 0) is 80.5 Å². The van der Waals surface area contributed by atoms with Gasteiger partial charge in [0, 0.05) is 5.41 Å². The zero-order valence-electron chi connectivity index (χ0n) is 13.9. The SMILES string of the molecule is C[C@]12CC[C@H](O)C[C@@H]1CC[C@@H]1[C@@H]2CC[C@]2(C)C(=O)[C@H](I)C[C@@H]12. The molecule has 0 amide bonds. The van der Waals surface area contributed by atoms with Crippen LogP contribution in [0.25, 0.3) is 0 Å². The average molecular weight is 416 g/mol. The van der Waals surface area contributed by atoms with Gasteiger partial charge in [-0.1, -0.05) is 36.4 Å². The van der Waals surface area contributed by atoms with Gasteiger partial charge < -0.3 is 5.11 Å². The van der Waals surface area contributed by atoms with Crippen molar-refractivity contribution in [1.29, 1.82) is 0 Å². The summed E-state index contributed by atoms with van der Waals surface area (Å²) in [6, 6.07) is 0. The molecule has 124 valence electrons. The summed E-state index contributed by atoms with van der Waals surface area (Å²) in [5, 5.41) is 10.1. The standard InChI is InChI=1S/C19H29IO2/c1-18-7-5-12(21)9-11(18)3-4-13-14(18)6-8-19(2)15(13)10-16(20)17(19)22/h11-16,21H,3-10H2,1-2H3/t11-,12-,13+,14-,15-,16+,18-,19-/m0/s1. The molecule has 0 aliphatic heterocycles. The highest BCUT2D eigenvalue weighted by molar-refractivity contribution is 14.1. The van der Waals surface area contributed by atoms with Crippen molar-refractivity contribution in [3.63, 3.8) is 0 Å². The van der Waals surface area contributed by atoms with Gasteiger partial charge in [-0.25, -0.2) is 0 Å². The second-order valence-corrected chi connectivity index (χ2v) is 10.6. The number of rotatable bonds is 0. The molecular formula is C19H29IO2. The minimum atomic E-state index is -0.0599. The summed E-state index contributed by atoms with van der Waals surface area (Å²) in [4.78, 5) is 12.7. The number of carbonyl (C=O) groups excluding carboxylic acids is 1. The Morgan fingerprint density at radius 1 is 1.05 bits per heavy atom. The van der Waals surface area contributed by atoms with Gasteiger partial charge in [-0.2, -0.15) is 0 Å². The van der Waals surface area contributed by atoms with E-state index in [0.29, 0.717) is 23.0 Å². The van der Waals surface area contributed by atoms with Crippen molar-refractivity contribution in [2.24, 2.45) is 34.5 Å². The number of alkyl halides is 1. The van der Waals surface area contributed by atoms with E-state index in [4.69, 9.17) is 0 Å². The Morgan fingerprint density at radius 2 is 1.82 bits per heavy atom. The molecule has 0 saturated heterocycles. The molecule has 0 aromatic heterocycles. The third-order valence-electron chi connectivity index (χ3n) is 8.34. The van der Waals surface area contributed by atoms with Crippen LogP contribution in [0.15, 0.2) is 0 Å². The summed E-state index contributed by atoms with van der Waals surface area (Å²) in [6.07, 6.45) is 9.22. The molecule has 0 aromatic rings. The summed E-state index contributed by atoms with van der Waals surface area (Å²) in [6.45, 7) is 4.79. The third-order valence-corrected chi connectivity index (χ3v) is 9.41. The van der Waals surface area contributed by atoms with Crippen LogP contribution in [0.5, 0.6) is 0 Å². The van der Waals surface area contributed by atoms with Gasteiger partial charge in [0.15, 0.2) is 5.78 Å². The highest BCUT2D eigenvalue weighted by Gasteiger charge is 2.61. The molecule has 22 heavy (non-hydrogen) atoms. The number of fused-ring (bicyclic) bond motifs is 5. The number of aliphatic hydroxyl groups is 1. The Morgan fingerprint density at radius 3 is 2.59 bits per heavy atom. The van der Waals surface area contributed by atoms with E-state index in [1.54, 1.807) is 0 Å². The molecule has 0 radical (unpaired) electrons. The van der Waals surface area contributed by atoms with Crippen molar-refractivity contribution >= 4 is 28.4 Å². The Labute approximate surface area is 148 Å². The quantitative estimate of drug-likeness (QED) is 0.470. The fraction of sp³-hybridized carbons (Fsp3) is 0.947. The smallest absolute Gasteiger partial charge is 0.151 e. The Bertz CT molecular complexity index is 492. The lowest BCUT2D eigenvalue weighted by atomic mass is 9.45. The van der Waals surface area contributed by atoms with E-state index in [1.807, 2.05) is 0 Å². The lowest BCUT2D eigenvalue weighted by Crippen LogP contribution is -2.54. The second kappa shape index (κ2) is 5.18. The van der Waals surface area contributed by atoms with Crippen molar-refractivity contribution < 1.29 is 9.90 Å². The molecular weight excluding hydrogens is 387 g/mol. The molecule has 4 fully saturated rings. The summed E-state index contributed by atoms with van der Waals surface area (Å²) in [7, 11) is 0. The van der Waals surface area contributed by atoms with Crippen LogP contribution in [0.2, 0.25) is 0 Å². The maximum absolute atomic E-state index is 12.7. The molecule has 0 unspecified atom stereocenters. The fourth-order valence-corrected chi connectivity index (χ4v) is 8.24. The molecule has 4 aliphatic rings. The summed E-state index contributed by atoms with van der Waals surface area (Å²) in [5.74, 6) is 3.45. The highest BCUT2D eigenvalue weighted by atomic mass is 127. The molecule has 0 spiro atoms. The van der Waals surface area contributed by atoms with Gasteiger partial charge >= 0.3 is 0 Å². The minimum Gasteiger partial charge on any atom is -0.393 e. The first-order valence-corrected chi connectivity index (χ1v) is 10.5. The molecule has 0 bridgehead atoms. The Balaban J connectivity index is 1.64. The predicted octanol–water partition coefficient (Wildman–Crippen LogP) is 4.37. The van der Waals surface area contributed by atoms with Crippen LogP contribution < -0.4 is 0 Å². The van der Waals surface area contributed by atoms with E-state index in [9.17, 15) is 9.90 Å². The van der Waals surface area contributed by atoms with Crippen molar-refractivity contribution in [1.82, 2.24) is 0 Å². The molecule has 0 heterocycles. The number of halogens is 1. The fourth-order valence-electron chi connectivity index (χ4n) is 6.98. The van der Waals surface area contributed by atoms with Crippen LogP contribution in [0.1, 0.15) is 65.2 Å². The van der Waals surface area contributed by atoms with E-state index in [0.717, 1.165) is 37.5 Å². The van der Waals surface area contributed by atoms with Gasteiger partial charge in [0.25, 0.3) is 0 Å². The predicted molar refractivity (Wildman–Crippen MR) is 95.9 cm³/mol. The van der Waals surface area contributed by atoms with E-state index in [1.165, 1.54) is 25.7 Å². The summed E-state index contributed by atoms with van der Waals surface area (Å²) in [5.41, 5.74) is 0.403. The number of carbonyl (C=O) groups is 1. The maximum Gasteiger partial charge on any atom is 0.151 e. The first-order valence-electron chi connectivity index (χ1n) is 9.23. The van der Waals surface area contributed by atoms with Crippen LogP contribution in [0.3, 0.4) is 0 Å². The zero-order valence-corrected chi connectivity index (χ0v) is 16.0. The first kappa shape index (κ1) is 15.9. The molecule has 1 N–H and O–H groups in total. The van der Waals surface area contributed by atoms with Gasteiger partial charge in [-0.3, -0.25) is 4.79 Å². The van der Waals surface area contributed by atoms with E-state index < -0.39 is 0 Å². The van der Waals surface area contributed by atoms with Crippen molar-refractivity contribution in [2.75, 3.05) is 0 Å². The average Bonchev–Trinajstić information content (AvgIpc) is 2.72. The molecule has 8 atom stereocenters. The summed E-state index contributed by atoms with van der Waals surface area (Å²) >= 11 is 2.40. The van der Waals surface area contributed by atoms with Crippen LogP contribution in [0.4, 0.5) is 0 Å². The first-order chi connectivity index (χ1) is 10.4. The molecule has 4 saturated carbocycles. The van der Waals surface area contributed by atoms with E-state index in [-0.39, 0.29) is 15.4 Å². The van der Waals surface area contributed by atoms with Crippen LogP contribution >= 0.6 is 22.6 Å². The topological polar surface area (TPSA) is 37.3 Å². The molecule has 0 aromatic carbocycles. The van der Waals surface area contributed by atoms with Crippen molar-refractivity contribution in [3.8, 4) is 0 Å². The number of aliphatic hydroxyl groups excluding tert-OH is 1. The van der Waals surface area contributed by atoms with Gasteiger partial charge in [0.2, 0.25) is 0 Å². The molecule has 3 heteroatoms. The largest absolute Gasteiger partial charge is 0.393 e. The highest BCUT2D eigenvalue weighted by Crippen LogP contribution is 2.65. The van der Waals surface area contributed by atoms with Crippen LogP contribution in [0, 0.1) is 34.5 Å². The zero-order chi connectivity index (χ0) is 15.7. The van der Waals surface area contributed by atoms with Crippen LogP contribution in [-0.4, -0.2) is 20.9 Å². The van der Waals surface area contributed by atoms with Gasteiger partial charge in [0.1, 0.15) is 0 Å². The lowest BCUT2D eigenvalue weighted by molar-refractivity contribution is -0.142. The maximum atomic E-state index is 12.7. The normalized spacial score (nSPS) is 57.9. The monoisotopic (exact) mass is 416 g/mol. The number of hydrogen-bond donors (Lipinski definition) is 1. The minimum absolute atomic E-state index is 0.0234. The summed E-state index contributed by atoms with van der Waals surface area (Å²) < 4.78 is 0.255. The Kier molecular flexibility index (Phi) is 3.73. The Hall–Kier alpha value is 0.360. The number of ketones is 1. The number of hydrogen-bond acceptors (Lipinski definition) is 2. The number of Topliss-reactive ketones (excluding diaryl/α,β-unsaturated/α-hetero) is 1. The lowest BCUT2D eigenvalue weighted by Gasteiger charge is -2.60. The second-order valence-electron chi connectivity index (χ2n) is 9.11. The van der Waals surface area contributed by atoms with Crippen LogP contribution in [-0.2, 0) is 4.79 Å². The van der Waals surface area contributed by atoms with Crippen molar-refractivity contribution in [2.45, 2.75) is 75.2 Å². The molecule has 4 rings (SSSR count). The van der Waals surface area contributed by atoms with E-state index >= 15 is 0 Å². The van der Waals surface area contributed by atoms with Crippen molar-refractivity contribution in [3.05, 3.63) is 0 Å². The van der Waals surface area contributed by atoms with E-state index in [2.05, 4.69) is 36.4 Å². The molecule has 2 nitrogen and oxygen atoms in total. The van der Waals surface area contributed by atoms with Gasteiger partial charge in [-0.15, -0.1) is 0 Å². The molecule has 4 aliphatic carbocycles.